The van der Waals surface area contributed by atoms with Crippen LogP contribution in [-0.2, 0) is 4.79 Å². The fourth-order valence-corrected chi connectivity index (χ4v) is 4.16. The summed E-state index contributed by atoms with van der Waals surface area (Å²) in [4.78, 5) is 28.4. The fourth-order valence-electron chi connectivity index (χ4n) is 3.96. The number of hydrogen-bond donors (Lipinski definition) is 3. The monoisotopic (exact) mass is 466 g/mol. The number of piperidine rings is 1. The van der Waals surface area contributed by atoms with Crippen molar-refractivity contribution >= 4 is 29.2 Å². The minimum Gasteiger partial charge on any atom is -0.383 e. The third-order valence-electron chi connectivity index (χ3n) is 5.90. The molecule has 170 valence electrons. The Hall–Kier alpha value is -3.45. The first-order valence-electron chi connectivity index (χ1n) is 10.7. The van der Waals surface area contributed by atoms with Gasteiger partial charge in [-0.2, -0.15) is 0 Å². The number of aromatic nitrogens is 1. The van der Waals surface area contributed by atoms with Gasteiger partial charge in [-0.15, -0.1) is 0 Å². The van der Waals surface area contributed by atoms with Crippen LogP contribution in [0.4, 0.5) is 10.2 Å². The molecule has 33 heavy (non-hydrogen) atoms. The Balaban J connectivity index is 1.54. The highest BCUT2D eigenvalue weighted by Gasteiger charge is 2.22. The maximum atomic E-state index is 14.9. The van der Waals surface area contributed by atoms with Gasteiger partial charge in [0.05, 0.1) is 11.6 Å². The number of nitrogen functional groups attached to an aromatic ring is 1. The van der Waals surface area contributed by atoms with Crippen LogP contribution in [0.5, 0.6) is 0 Å². The molecule has 0 aliphatic carbocycles. The van der Waals surface area contributed by atoms with Gasteiger partial charge in [-0.25, -0.2) is 9.37 Å². The summed E-state index contributed by atoms with van der Waals surface area (Å²) in [5, 5.41) is 6.21. The lowest BCUT2D eigenvalue weighted by Crippen LogP contribution is -2.33. The number of nitrogens with one attached hydrogen (secondary N) is 2. The molecular weight excluding hydrogens is 443 g/mol. The van der Waals surface area contributed by atoms with Crippen molar-refractivity contribution in [2.45, 2.75) is 31.7 Å². The first-order chi connectivity index (χ1) is 15.8. The molecule has 0 saturated carbocycles. The van der Waals surface area contributed by atoms with E-state index in [1.165, 1.54) is 12.1 Å². The number of halogens is 2. The molecule has 0 bridgehead atoms. The predicted octanol–water partition coefficient (Wildman–Crippen LogP) is 4.61. The summed E-state index contributed by atoms with van der Waals surface area (Å²) in [7, 11) is 0. The normalized spacial score (nSPS) is 16.7. The van der Waals surface area contributed by atoms with E-state index in [-0.39, 0.29) is 29.2 Å². The van der Waals surface area contributed by atoms with Gasteiger partial charge in [-0.3, -0.25) is 9.59 Å². The Morgan fingerprint density at radius 1 is 1.27 bits per heavy atom. The van der Waals surface area contributed by atoms with Crippen molar-refractivity contribution in [3.05, 3.63) is 82.3 Å². The number of amides is 2. The molecule has 3 aromatic rings. The number of carbonyl (C=O) groups is 2. The Morgan fingerprint density at radius 3 is 2.79 bits per heavy atom. The van der Waals surface area contributed by atoms with Gasteiger partial charge in [0.1, 0.15) is 11.6 Å². The number of nitrogens with zero attached hydrogens (tertiary/aromatic N) is 1. The molecule has 1 aliphatic rings. The Morgan fingerprint density at radius 2 is 2.09 bits per heavy atom. The van der Waals surface area contributed by atoms with Gasteiger partial charge >= 0.3 is 0 Å². The average molecular weight is 467 g/mol. The van der Waals surface area contributed by atoms with Crippen molar-refractivity contribution in [2.24, 2.45) is 0 Å². The minimum absolute atomic E-state index is 0.0375. The van der Waals surface area contributed by atoms with Crippen LogP contribution in [0.15, 0.2) is 54.7 Å². The lowest BCUT2D eigenvalue weighted by molar-refractivity contribution is -0.122. The van der Waals surface area contributed by atoms with Crippen LogP contribution in [0.2, 0.25) is 5.02 Å². The van der Waals surface area contributed by atoms with Gasteiger partial charge in [0, 0.05) is 35.7 Å². The van der Waals surface area contributed by atoms with Crippen molar-refractivity contribution in [2.75, 3.05) is 12.3 Å². The summed E-state index contributed by atoms with van der Waals surface area (Å²) in [5.74, 6) is -0.750. The Labute approximate surface area is 196 Å². The number of hydrogen-bond acceptors (Lipinski definition) is 4. The van der Waals surface area contributed by atoms with Crippen molar-refractivity contribution in [3.8, 4) is 11.1 Å². The van der Waals surface area contributed by atoms with Crippen molar-refractivity contribution < 1.29 is 14.0 Å². The second-order valence-corrected chi connectivity index (χ2v) is 8.62. The van der Waals surface area contributed by atoms with Gasteiger partial charge in [-0.1, -0.05) is 29.8 Å². The van der Waals surface area contributed by atoms with Crippen LogP contribution < -0.4 is 16.4 Å². The van der Waals surface area contributed by atoms with Gasteiger partial charge in [-0.05, 0) is 60.4 Å². The summed E-state index contributed by atoms with van der Waals surface area (Å²) in [6, 6.07) is 13.1. The highest BCUT2D eigenvalue weighted by Crippen LogP contribution is 2.31. The lowest BCUT2D eigenvalue weighted by atomic mass is 9.90. The number of anilines is 1. The van der Waals surface area contributed by atoms with Crippen LogP contribution >= 0.6 is 11.6 Å². The quantitative estimate of drug-likeness (QED) is 0.511. The van der Waals surface area contributed by atoms with E-state index in [2.05, 4.69) is 15.6 Å². The maximum Gasteiger partial charge on any atom is 0.254 e. The third-order valence-corrected chi connectivity index (χ3v) is 6.13. The zero-order valence-electron chi connectivity index (χ0n) is 18.1. The first-order valence-corrected chi connectivity index (χ1v) is 11.1. The largest absolute Gasteiger partial charge is 0.383 e. The molecule has 2 heterocycles. The van der Waals surface area contributed by atoms with E-state index >= 15 is 0 Å². The summed E-state index contributed by atoms with van der Waals surface area (Å²) in [6.45, 7) is 2.34. The molecule has 2 aromatic carbocycles. The topological polar surface area (TPSA) is 97.1 Å². The zero-order chi connectivity index (χ0) is 23.5. The molecule has 1 aromatic heterocycles. The van der Waals surface area contributed by atoms with Crippen molar-refractivity contribution in [1.82, 2.24) is 15.6 Å². The number of benzene rings is 2. The number of carbonyl (C=O) groups excluding carboxylic acids is 2. The predicted molar refractivity (Wildman–Crippen MR) is 126 cm³/mol. The third kappa shape index (κ3) is 5.14. The first kappa shape index (κ1) is 22.7. The molecule has 1 saturated heterocycles. The molecule has 4 rings (SSSR count). The molecule has 0 spiro atoms. The minimum atomic E-state index is -0.655. The highest BCUT2D eigenvalue weighted by atomic mass is 35.5. The fraction of sp³-hybridized carbons (Fsp3) is 0.240. The molecule has 0 radical (unpaired) electrons. The second kappa shape index (κ2) is 9.58. The SMILES string of the molecule is C[C@@H](NC(=O)c1ccc(-c2cc(C3CCC(=O)NC3)cnc2N)cc1F)c1cccc(Cl)c1. The molecule has 2 atom stereocenters. The average Bonchev–Trinajstić information content (AvgIpc) is 2.80. The van der Waals surface area contributed by atoms with Crippen molar-refractivity contribution in [3.63, 3.8) is 0 Å². The Bertz CT molecular complexity index is 1210. The van der Waals surface area contributed by atoms with Gasteiger partial charge in [0.2, 0.25) is 5.91 Å². The molecule has 1 unspecified atom stereocenters. The van der Waals surface area contributed by atoms with Crippen LogP contribution in [0, 0.1) is 5.82 Å². The van der Waals surface area contributed by atoms with E-state index in [9.17, 15) is 14.0 Å². The molecular formula is C25H24ClFN4O2. The van der Waals surface area contributed by atoms with Crippen molar-refractivity contribution in [1.29, 1.82) is 0 Å². The van der Waals surface area contributed by atoms with Crippen LogP contribution in [-0.4, -0.2) is 23.3 Å². The van der Waals surface area contributed by atoms with Crippen LogP contribution in [0.3, 0.4) is 0 Å². The van der Waals surface area contributed by atoms with Crippen LogP contribution in [0.25, 0.3) is 11.1 Å². The van der Waals surface area contributed by atoms with E-state index in [4.69, 9.17) is 17.3 Å². The van der Waals surface area contributed by atoms with E-state index in [0.717, 1.165) is 17.5 Å². The highest BCUT2D eigenvalue weighted by molar-refractivity contribution is 6.30. The summed E-state index contributed by atoms with van der Waals surface area (Å²) in [5.41, 5.74) is 8.87. The lowest BCUT2D eigenvalue weighted by Gasteiger charge is -2.23. The van der Waals surface area contributed by atoms with E-state index < -0.39 is 11.7 Å². The summed E-state index contributed by atoms with van der Waals surface area (Å²) in [6.07, 6.45) is 2.86. The molecule has 2 amide bonds. The van der Waals surface area contributed by atoms with E-state index in [0.29, 0.717) is 29.1 Å². The smallest absolute Gasteiger partial charge is 0.254 e. The molecule has 8 heteroatoms. The standard InChI is InChI=1S/C25H24ClFN4O2/c1-14(15-3-2-4-19(26)9-15)31-25(33)20-7-5-16(11-22(20)27)21-10-18(13-30-24(21)28)17-6-8-23(32)29-12-17/h2-5,7,9-11,13-14,17H,6,8,12H2,1H3,(H2,28,30)(H,29,32)(H,31,33)/t14-,17?/m1/s1. The van der Waals surface area contributed by atoms with Crippen LogP contribution in [0.1, 0.15) is 53.2 Å². The van der Waals surface area contributed by atoms with E-state index in [1.807, 2.05) is 12.1 Å². The number of pyridine rings is 1. The maximum absolute atomic E-state index is 14.9. The summed E-state index contributed by atoms with van der Waals surface area (Å²) < 4.78 is 14.9. The molecule has 4 N–H and O–H groups in total. The number of rotatable bonds is 5. The van der Waals surface area contributed by atoms with Gasteiger partial charge < -0.3 is 16.4 Å². The van der Waals surface area contributed by atoms with Gasteiger partial charge in [0.15, 0.2) is 0 Å². The summed E-state index contributed by atoms with van der Waals surface area (Å²) >= 11 is 6.02. The Kier molecular flexibility index (Phi) is 6.60. The van der Waals surface area contributed by atoms with E-state index in [1.54, 1.807) is 37.4 Å². The molecule has 1 fully saturated rings. The second-order valence-electron chi connectivity index (χ2n) is 8.19. The zero-order valence-corrected chi connectivity index (χ0v) is 18.8. The molecule has 1 aliphatic heterocycles. The number of nitrogens with two attached hydrogens (primary N) is 1. The van der Waals surface area contributed by atoms with Gasteiger partial charge in [0.25, 0.3) is 5.91 Å². The molecule has 6 nitrogen and oxygen atoms in total.